The first-order valence-electron chi connectivity index (χ1n) is 23.9. The first kappa shape index (κ1) is 64.1. The summed E-state index contributed by atoms with van der Waals surface area (Å²) in [6, 6.07) is -6.54. The Kier molecular flexibility index (Phi) is 27.7. The number of phenols is 1. The van der Waals surface area contributed by atoms with Crippen molar-refractivity contribution in [3.8, 4) is 5.75 Å². The van der Waals surface area contributed by atoms with Crippen LogP contribution in [0.3, 0.4) is 0 Å². The second kappa shape index (κ2) is 31.5. The molecular formula is C47H75N9O17. The lowest BCUT2D eigenvalue weighted by Gasteiger charge is -2.30. The Morgan fingerprint density at radius 1 is 0.521 bits per heavy atom. The number of hydrogen-bond acceptors (Lipinski definition) is 15. The van der Waals surface area contributed by atoms with Crippen molar-refractivity contribution in [1.29, 1.82) is 0 Å². The highest BCUT2D eigenvalue weighted by Gasteiger charge is 2.36. The van der Waals surface area contributed by atoms with Crippen molar-refractivity contribution in [2.24, 2.45) is 23.5 Å². The van der Waals surface area contributed by atoms with Crippen LogP contribution < -0.4 is 48.3 Å². The van der Waals surface area contributed by atoms with E-state index >= 15 is 0 Å². The van der Waals surface area contributed by atoms with Crippen LogP contribution >= 0.6 is 0 Å². The van der Waals surface area contributed by atoms with Crippen LogP contribution in [-0.2, 0) is 59.2 Å². The summed E-state index contributed by atoms with van der Waals surface area (Å²) in [6.45, 7) is 11.7. The summed E-state index contributed by atoms with van der Waals surface area (Å²) in [5.74, 6) is -13.3. The summed E-state index contributed by atoms with van der Waals surface area (Å²) in [7, 11) is 0. The number of nitrogens with one attached hydrogen (secondary N) is 8. The van der Waals surface area contributed by atoms with Crippen LogP contribution in [0.2, 0.25) is 0 Å². The van der Waals surface area contributed by atoms with Crippen molar-refractivity contribution >= 4 is 65.2 Å². The molecule has 0 heterocycles. The molecule has 0 bridgehead atoms. The first-order valence-corrected chi connectivity index (χ1v) is 23.9. The van der Waals surface area contributed by atoms with Gasteiger partial charge in [-0.05, 0) is 75.0 Å². The zero-order chi connectivity index (χ0) is 55.9. The van der Waals surface area contributed by atoms with Gasteiger partial charge in [-0.3, -0.25) is 47.9 Å². The second-order valence-corrected chi connectivity index (χ2v) is 18.8. The molecule has 1 aromatic carbocycles. The SMILES string of the molecule is CC[C@H](C)[C@H](NC(=O)[C@H](CCC(=O)O)NC(=O)[C@H](CCC(=O)O)NC(=O)[C@H](CC(C)C)NC(=O)[C@@H](N)[C@@H](C)O)C(=O)N[C@H](C(=O)NCC(=O)N[C@@H](Cc1ccc(O)cc1)C(=O)N[C@@H](CC(C)C)C(=O)O)[C@@H](C)O. The topological polar surface area (TPSA) is 431 Å². The number of benzene rings is 1. The highest BCUT2D eigenvalue weighted by molar-refractivity contribution is 5.98. The van der Waals surface area contributed by atoms with Gasteiger partial charge >= 0.3 is 17.9 Å². The number of phenolic OH excluding ortho intramolecular Hbond substituents is 1. The molecule has 26 nitrogen and oxygen atoms in total. The molecule has 410 valence electrons. The fourth-order valence-corrected chi connectivity index (χ4v) is 6.98. The average Bonchev–Trinajstić information content (AvgIpc) is 3.30. The Morgan fingerprint density at radius 3 is 1.41 bits per heavy atom. The molecule has 0 fully saturated rings. The highest BCUT2D eigenvalue weighted by atomic mass is 16.4. The number of carbonyl (C=O) groups excluding carboxylic acids is 8. The molecule has 16 N–H and O–H groups in total. The maximum Gasteiger partial charge on any atom is 0.326 e. The van der Waals surface area contributed by atoms with Crippen LogP contribution in [0.4, 0.5) is 0 Å². The Hall–Kier alpha value is -6.93. The zero-order valence-corrected chi connectivity index (χ0v) is 42.4. The predicted molar refractivity (Wildman–Crippen MR) is 259 cm³/mol. The number of aliphatic carboxylic acids is 3. The number of aromatic hydroxyl groups is 1. The molecule has 0 aliphatic heterocycles. The molecule has 8 amide bonds. The molecular weight excluding hydrogens is 963 g/mol. The van der Waals surface area contributed by atoms with Crippen LogP contribution in [0.15, 0.2) is 24.3 Å². The maximum absolute atomic E-state index is 13.9. The summed E-state index contributed by atoms with van der Waals surface area (Å²) in [4.78, 5) is 143. The minimum atomic E-state index is -1.78. The fourth-order valence-electron chi connectivity index (χ4n) is 6.98. The van der Waals surface area contributed by atoms with Gasteiger partial charge in [0.2, 0.25) is 47.3 Å². The molecule has 1 rings (SSSR count). The van der Waals surface area contributed by atoms with Crippen molar-refractivity contribution in [2.75, 3.05) is 6.54 Å². The zero-order valence-electron chi connectivity index (χ0n) is 42.4. The van der Waals surface area contributed by atoms with Crippen molar-refractivity contribution in [3.63, 3.8) is 0 Å². The average molecular weight is 1040 g/mol. The number of carboxylic acid groups (broad SMARTS) is 3. The van der Waals surface area contributed by atoms with Gasteiger partial charge < -0.3 is 78.9 Å². The summed E-state index contributed by atoms with van der Waals surface area (Å²) in [6.07, 6.45) is -5.33. The van der Waals surface area contributed by atoms with Crippen LogP contribution in [0, 0.1) is 17.8 Å². The number of amides is 8. The van der Waals surface area contributed by atoms with Crippen LogP contribution in [-0.4, -0.2) is 163 Å². The largest absolute Gasteiger partial charge is 0.508 e. The molecule has 0 radical (unpaired) electrons. The van der Waals surface area contributed by atoms with E-state index in [2.05, 4.69) is 42.5 Å². The van der Waals surface area contributed by atoms with E-state index in [4.69, 9.17) is 5.73 Å². The van der Waals surface area contributed by atoms with E-state index in [9.17, 15) is 83.4 Å². The second-order valence-electron chi connectivity index (χ2n) is 18.8. The van der Waals surface area contributed by atoms with Gasteiger partial charge in [-0.15, -0.1) is 0 Å². The Bertz CT molecular complexity index is 2070. The number of aliphatic hydroxyl groups excluding tert-OH is 2. The van der Waals surface area contributed by atoms with Crippen molar-refractivity contribution in [1.82, 2.24) is 42.5 Å². The van der Waals surface area contributed by atoms with Gasteiger partial charge in [0.05, 0.1) is 18.8 Å². The maximum atomic E-state index is 13.9. The number of rotatable bonds is 33. The number of nitrogens with two attached hydrogens (primary N) is 1. The molecule has 0 unspecified atom stereocenters. The van der Waals surface area contributed by atoms with Crippen LogP contribution in [0.5, 0.6) is 5.75 Å². The van der Waals surface area contributed by atoms with E-state index in [1.807, 2.05) is 0 Å². The molecule has 0 saturated heterocycles. The van der Waals surface area contributed by atoms with E-state index in [0.717, 1.165) is 6.92 Å². The normalized spacial score (nSPS) is 15.7. The molecule has 0 saturated carbocycles. The molecule has 26 heteroatoms. The van der Waals surface area contributed by atoms with Gasteiger partial charge in [-0.25, -0.2) is 4.79 Å². The molecule has 1 aromatic rings. The standard InChI is InChI=1S/C47H75N9O17/c1-9-24(6)38(55-41(66)30(15-17-36(63)64)51-40(65)29(14-16-35(61)62)52-42(67)31(18-22(2)3)53-44(69)37(48)25(7)57)46(71)56-39(26(8)58)45(70)49-21-34(60)50-32(20-27-10-12-28(59)13-11-27)43(68)54-33(47(72)73)19-23(4)5/h10-13,22-26,29-33,37-39,57-59H,9,14-21,48H2,1-8H3,(H,49,70)(H,50,60)(H,51,65)(H,52,67)(H,53,69)(H,54,68)(H,55,66)(H,56,71)(H,61,62)(H,63,64)(H,72,73)/t24-,25+,26+,29-,30-,31-,32-,33-,37-,38-,39-/m0/s1. The molecule has 73 heavy (non-hydrogen) atoms. The molecule has 0 spiro atoms. The lowest BCUT2D eigenvalue weighted by atomic mass is 9.96. The van der Waals surface area contributed by atoms with Crippen molar-refractivity contribution in [3.05, 3.63) is 29.8 Å². The third-order valence-corrected chi connectivity index (χ3v) is 11.4. The third kappa shape index (κ3) is 23.9. The number of hydrogen-bond donors (Lipinski definition) is 15. The number of carbonyl (C=O) groups is 11. The fraction of sp³-hybridized carbons (Fsp3) is 0.638. The van der Waals surface area contributed by atoms with E-state index in [0.29, 0.717) is 5.56 Å². The van der Waals surface area contributed by atoms with Gasteiger partial charge in [0.25, 0.3) is 0 Å². The quantitative estimate of drug-likeness (QED) is 0.0346. The molecule has 11 atom stereocenters. The summed E-state index contributed by atoms with van der Waals surface area (Å²) in [5.41, 5.74) is 6.19. The van der Waals surface area contributed by atoms with E-state index in [1.165, 1.54) is 38.1 Å². The van der Waals surface area contributed by atoms with Crippen molar-refractivity contribution in [2.45, 2.75) is 167 Å². The third-order valence-electron chi connectivity index (χ3n) is 11.4. The monoisotopic (exact) mass is 1040 g/mol. The minimum absolute atomic E-state index is 0.00713. The van der Waals surface area contributed by atoms with Gasteiger partial charge in [-0.1, -0.05) is 60.1 Å². The Balaban J connectivity index is 3.36. The molecule has 0 aliphatic rings. The summed E-state index contributed by atoms with van der Waals surface area (Å²) in [5, 5.41) is 77.7. The Labute approximate surface area is 423 Å². The molecule has 0 aromatic heterocycles. The van der Waals surface area contributed by atoms with E-state index in [-0.39, 0.29) is 43.3 Å². The van der Waals surface area contributed by atoms with Crippen molar-refractivity contribution < 1.29 is 83.4 Å². The summed E-state index contributed by atoms with van der Waals surface area (Å²) >= 11 is 0. The van der Waals surface area contributed by atoms with E-state index in [1.54, 1.807) is 34.6 Å². The Morgan fingerprint density at radius 2 is 0.959 bits per heavy atom. The van der Waals surface area contributed by atoms with Crippen LogP contribution in [0.1, 0.15) is 106 Å². The van der Waals surface area contributed by atoms with Gasteiger partial charge in [-0.2, -0.15) is 0 Å². The predicted octanol–water partition coefficient (Wildman–Crippen LogP) is -2.51. The van der Waals surface area contributed by atoms with Crippen LogP contribution in [0.25, 0.3) is 0 Å². The molecule has 0 aliphatic carbocycles. The smallest absolute Gasteiger partial charge is 0.326 e. The van der Waals surface area contributed by atoms with Gasteiger partial charge in [0, 0.05) is 19.3 Å². The first-order chi connectivity index (χ1) is 34.0. The lowest BCUT2D eigenvalue weighted by Crippen LogP contribution is -2.62. The van der Waals surface area contributed by atoms with E-state index < -0.39 is 164 Å². The van der Waals surface area contributed by atoms with Gasteiger partial charge in [0.1, 0.15) is 54.1 Å². The summed E-state index contributed by atoms with van der Waals surface area (Å²) < 4.78 is 0. The number of aliphatic hydroxyl groups is 2. The minimum Gasteiger partial charge on any atom is -0.508 e. The van der Waals surface area contributed by atoms with Gasteiger partial charge in [0.15, 0.2) is 0 Å². The lowest BCUT2D eigenvalue weighted by molar-refractivity contribution is -0.142. The highest BCUT2D eigenvalue weighted by Crippen LogP contribution is 2.15. The number of carboxylic acids is 3.